The van der Waals surface area contributed by atoms with E-state index in [1.165, 1.54) is 18.2 Å². The molecule has 0 fully saturated rings. The Balaban J connectivity index is 1.67. The van der Waals surface area contributed by atoms with Crippen molar-refractivity contribution in [2.75, 3.05) is 10.0 Å². The standard InChI is InChI=1S/C16H14ClN5O2S/c17-13-3-1-2-4-14(13)25(23,24)22-16-6-5-15(20-21-16)19-11-12-7-9-18-10-8-12/h1-10H,11H2,(H,19,20)(H,21,22). The third-order valence-electron chi connectivity index (χ3n) is 3.25. The van der Waals surface area contributed by atoms with E-state index in [0.29, 0.717) is 12.4 Å². The van der Waals surface area contributed by atoms with Gasteiger partial charge in [-0.25, -0.2) is 8.42 Å². The average molecular weight is 376 g/mol. The fourth-order valence-electron chi connectivity index (χ4n) is 2.03. The molecule has 0 radical (unpaired) electrons. The number of hydrogen-bond acceptors (Lipinski definition) is 6. The lowest BCUT2D eigenvalue weighted by Gasteiger charge is -2.09. The van der Waals surface area contributed by atoms with Crippen molar-refractivity contribution in [3.63, 3.8) is 0 Å². The Morgan fingerprint density at radius 3 is 2.28 bits per heavy atom. The first kappa shape index (κ1) is 17.1. The van der Waals surface area contributed by atoms with Gasteiger partial charge in [0.15, 0.2) is 5.82 Å². The zero-order valence-corrected chi connectivity index (χ0v) is 14.5. The first-order valence-electron chi connectivity index (χ1n) is 7.28. The van der Waals surface area contributed by atoms with Gasteiger partial charge in [-0.2, -0.15) is 0 Å². The maximum atomic E-state index is 12.3. The molecule has 7 nitrogen and oxygen atoms in total. The number of nitrogens with one attached hydrogen (secondary N) is 2. The number of aromatic nitrogens is 3. The van der Waals surface area contributed by atoms with Gasteiger partial charge in [-0.15, -0.1) is 10.2 Å². The fraction of sp³-hybridized carbons (Fsp3) is 0.0625. The quantitative estimate of drug-likeness (QED) is 0.687. The lowest BCUT2D eigenvalue weighted by Crippen LogP contribution is -2.15. The molecule has 0 saturated carbocycles. The summed E-state index contributed by atoms with van der Waals surface area (Å²) in [4.78, 5) is 3.93. The molecule has 25 heavy (non-hydrogen) atoms. The SMILES string of the molecule is O=S(=O)(Nc1ccc(NCc2ccncc2)nn1)c1ccccc1Cl. The van der Waals surface area contributed by atoms with E-state index >= 15 is 0 Å². The fourth-order valence-corrected chi connectivity index (χ4v) is 3.55. The molecule has 3 aromatic rings. The second kappa shape index (κ2) is 7.45. The Hall–Kier alpha value is -2.71. The minimum atomic E-state index is -3.82. The molecule has 9 heteroatoms. The van der Waals surface area contributed by atoms with Crippen LogP contribution < -0.4 is 10.0 Å². The highest BCUT2D eigenvalue weighted by Crippen LogP contribution is 2.22. The van der Waals surface area contributed by atoms with Crippen LogP contribution in [-0.4, -0.2) is 23.6 Å². The Morgan fingerprint density at radius 1 is 0.920 bits per heavy atom. The maximum Gasteiger partial charge on any atom is 0.264 e. The average Bonchev–Trinajstić information content (AvgIpc) is 2.62. The number of hydrogen-bond donors (Lipinski definition) is 2. The van der Waals surface area contributed by atoms with Crippen LogP contribution in [0.1, 0.15) is 5.56 Å². The number of benzene rings is 1. The van der Waals surface area contributed by atoms with Crippen molar-refractivity contribution in [2.45, 2.75) is 11.4 Å². The maximum absolute atomic E-state index is 12.3. The second-order valence-corrected chi connectivity index (χ2v) is 7.11. The Labute approximate surface area is 150 Å². The normalized spacial score (nSPS) is 11.1. The lowest BCUT2D eigenvalue weighted by atomic mass is 10.3. The molecule has 0 unspecified atom stereocenters. The van der Waals surface area contributed by atoms with E-state index in [1.54, 1.807) is 30.6 Å². The summed E-state index contributed by atoms with van der Waals surface area (Å²) in [5.41, 5.74) is 1.04. The molecule has 0 aliphatic carbocycles. The van der Waals surface area contributed by atoms with Crippen molar-refractivity contribution >= 4 is 33.3 Å². The Kier molecular flexibility index (Phi) is 5.11. The Morgan fingerprint density at radius 2 is 1.60 bits per heavy atom. The molecule has 0 amide bonds. The lowest BCUT2D eigenvalue weighted by molar-refractivity contribution is 0.601. The summed E-state index contributed by atoms with van der Waals surface area (Å²) < 4.78 is 27.0. The first-order valence-corrected chi connectivity index (χ1v) is 9.14. The van der Waals surface area contributed by atoms with Crippen LogP contribution in [0, 0.1) is 0 Å². The van der Waals surface area contributed by atoms with E-state index in [-0.39, 0.29) is 15.7 Å². The van der Waals surface area contributed by atoms with E-state index in [0.717, 1.165) is 5.56 Å². The molecule has 2 heterocycles. The van der Waals surface area contributed by atoms with Gasteiger partial charge in [0.1, 0.15) is 10.7 Å². The largest absolute Gasteiger partial charge is 0.365 e. The van der Waals surface area contributed by atoms with Crippen molar-refractivity contribution in [1.82, 2.24) is 15.2 Å². The summed E-state index contributed by atoms with van der Waals surface area (Å²) in [6.07, 6.45) is 3.41. The van der Waals surface area contributed by atoms with Gasteiger partial charge < -0.3 is 5.32 Å². The molecular weight excluding hydrogens is 362 g/mol. The molecule has 0 aliphatic rings. The number of nitrogens with zero attached hydrogens (tertiary/aromatic N) is 3. The van der Waals surface area contributed by atoms with E-state index in [4.69, 9.17) is 11.6 Å². The minimum absolute atomic E-state index is 0.0154. The summed E-state index contributed by atoms with van der Waals surface area (Å²) >= 11 is 5.93. The third-order valence-corrected chi connectivity index (χ3v) is 5.11. The first-order chi connectivity index (χ1) is 12.0. The molecule has 0 saturated heterocycles. The van der Waals surface area contributed by atoms with Crippen molar-refractivity contribution in [3.8, 4) is 0 Å². The van der Waals surface area contributed by atoms with Gasteiger partial charge in [-0.3, -0.25) is 9.71 Å². The molecule has 2 N–H and O–H groups in total. The van der Waals surface area contributed by atoms with E-state index in [1.807, 2.05) is 12.1 Å². The summed E-state index contributed by atoms with van der Waals surface area (Å²) in [7, 11) is -3.82. The van der Waals surface area contributed by atoms with Gasteiger partial charge in [-0.05, 0) is 42.0 Å². The molecular formula is C16H14ClN5O2S. The van der Waals surface area contributed by atoms with Crippen LogP contribution >= 0.6 is 11.6 Å². The van der Waals surface area contributed by atoms with E-state index < -0.39 is 10.0 Å². The van der Waals surface area contributed by atoms with Crippen LogP contribution in [-0.2, 0) is 16.6 Å². The molecule has 0 spiro atoms. The Bertz CT molecular complexity index is 950. The summed E-state index contributed by atoms with van der Waals surface area (Å²) in [6, 6.07) is 13.1. The zero-order chi connectivity index (χ0) is 17.7. The van der Waals surface area contributed by atoms with Crippen LogP contribution in [0.25, 0.3) is 0 Å². The number of rotatable bonds is 6. The molecule has 128 valence electrons. The van der Waals surface area contributed by atoms with Crippen LogP contribution in [0.2, 0.25) is 5.02 Å². The molecule has 0 aliphatic heterocycles. The topological polar surface area (TPSA) is 96.9 Å². The molecule has 0 atom stereocenters. The van der Waals surface area contributed by atoms with Gasteiger partial charge in [0, 0.05) is 18.9 Å². The minimum Gasteiger partial charge on any atom is -0.365 e. The molecule has 2 aromatic heterocycles. The van der Waals surface area contributed by atoms with Crippen molar-refractivity contribution in [2.24, 2.45) is 0 Å². The van der Waals surface area contributed by atoms with Crippen LogP contribution in [0.15, 0.2) is 65.8 Å². The van der Waals surface area contributed by atoms with Gasteiger partial charge in [0.2, 0.25) is 0 Å². The highest BCUT2D eigenvalue weighted by atomic mass is 35.5. The van der Waals surface area contributed by atoms with Gasteiger partial charge in [-0.1, -0.05) is 23.7 Å². The van der Waals surface area contributed by atoms with Gasteiger partial charge in [0.05, 0.1) is 5.02 Å². The monoisotopic (exact) mass is 375 g/mol. The smallest absolute Gasteiger partial charge is 0.264 e. The van der Waals surface area contributed by atoms with Crippen molar-refractivity contribution in [1.29, 1.82) is 0 Å². The van der Waals surface area contributed by atoms with E-state index in [9.17, 15) is 8.42 Å². The highest BCUT2D eigenvalue weighted by Gasteiger charge is 2.18. The molecule has 3 rings (SSSR count). The molecule has 0 bridgehead atoms. The molecule has 1 aromatic carbocycles. The second-order valence-electron chi connectivity index (χ2n) is 5.05. The predicted octanol–water partition coefficient (Wildman–Crippen LogP) is 2.94. The van der Waals surface area contributed by atoms with Gasteiger partial charge in [0.25, 0.3) is 10.0 Å². The number of halogens is 1. The zero-order valence-electron chi connectivity index (χ0n) is 12.9. The predicted molar refractivity (Wildman–Crippen MR) is 95.9 cm³/mol. The number of sulfonamides is 1. The summed E-state index contributed by atoms with van der Waals surface area (Å²) in [5.74, 6) is 0.631. The van der Waals surface area contributed by atoms with Crippen LogP contribution in [0.3, 0.4) is 0 Å². The number of anilines is 2. The van der Waals surface area contributed by atoms with E-state index in [2.05, 4.69) is 25.2 Å². The van der Waals surface area contributed by atoms with Gasteiger partial charge >= 0.3 is 0 Å². The van der Waals surface area contributed by atoms with Crippen LogP contribution in [0.4, 0.5) is 11.6 Å². The van der Waals surface area contributed by atoms with Crippen LogP contribution in [0.5, 0.6) is 0 Å². The summed E-state index contributed by atoms with van der Waals surface area (Å²) in [5, 5.41) is 11.1. The van der Waals surface area contributed by atoms with Crippen molar-refractivity contribution in [3.05, 3.63) is 71.5 Å². The number of pyridine rings is 1. The summed E-state index contributed by atoms with van der Waals surface area (Å²) in [6.45, 7) is 0.557. The van der Waals surface area contributed by atoms with Crippen molar-refractivity contribution < 1.29 is 8.42 Å². The third kappa shape index (κ3) is 4.43. The highest BCUT2D eigenvalue weighted by molar-refractivity contribution is 7.92.